The predicted molar refractivity (Wildman–Crippen MR) is 171 cm³/mol. The fourth-order valence-corrected chi connectivity index (χ4v) is 16.9. The molecular formula is C36H30LiNSi2. The summed E-state index contributed by atoms with van der Waals surface area (Å²) in [5, 5.41) is 7.76. The summed E-state index contributed by atoms with van der Waals surface area (Å²) in [6, 6.07) is 66.0. The van der Waals surface area contributed by atoms with E-state index in [2.05, 4.69) is 182 Å². The average Bonchev–Trinajstić information content (AvgIpc) is 3.04. The molecule has 0 fully saturated rings. The van der Waals surface area contributed by atoms with Gasteiger partial charge in [0.05, 0.1) is 0 Å². The van der Waals surface area contributed by atoms with Crippen LogP contribution < -0.4 is 50.0 Å². The second-order valence-electron chi connectivity index (χ2n) is 9.73. The fourth-order valence-electron chi connectivity index (χ4n) is 5.71. The van der Waals surface area contributed by atoms with Gasteiger partial charge in [0.1, 0.15) is 0 Å². The minimum Gasteiger partial charge on any atom is -0.644 e. The van der Waals surface area contributed by atoms with E-state index in [0.29, 0.717) is 0 Å². The Kier molecular flexibility index (Phi) is 8.82. The van der Waals surface area contributed by atoms with E-state index in [0.717, 1.165) is 0 Å². The van der Waals surface area contributed by atoms with Gasteiger partial charge in [-0.1, -0.05) is 213 Å². The van der Waals surface area contributed by atoms with Crippen molar-refractivity contribution < 1.29 is 18.9 Å². The molecule has 0 aliphatic heterocycles. The van der Waals surface area contributed by atoms with Gasteiger partial charge in [0.2, 0.25) is 0 Å². The largest absolute Gasteiger partial charge is 1.00 e. The summed E-state index contributed by atoms with van der Waals surface area (Å²) < 4.78 is 6.44. The van der Waals surface area contributed by atoms with Crippen LogP contribution in [0.2, 0.25) is 0 Å². The topological polar surface area (TPSA) is 14.1 Å². The van der Waals surface area contributed by atoms with Gasteiger partial charge in [0, 0.05) is 16.5 Å². The second-order valence-corrected chi connectivity index (χ2v) is 16.9. The summed E-state index contributed by atoms with van der Waals surface area (Å²) >= 11 is 0. The van der Waals surface area contributed by atoms with Crippen LogP contribution in [0.3, 0.4) is 0 Å². The monoisotopic (exact) mass is 539 g/mol. The van der Waals surface area contributed by atoms with Gasteiger partial charge < -0.3 is 4.65 Å². The number of rotatable bonds is 8. The molecule has 0 aromatic heterocycles. The maximum Gasteiger partial charge on any atom is 1.00 e. The van der Waals surface area contributed by atoms with Crippen molar-refractivity contribution in [1.82, 2.24) is 0 Å². The Morgan fingerprint density at radius 2 is 0.400 bits per heavy atom. The van der Waals surface area contributed by atoms with E-state index in [-0.39, 0.29) is 18.9 Å². The standard InChI is InChI=1S/C36H30NSi2.Li/c1-7-19-31(20-8-1)38(32-21-9-2-10-22-32,33-23-11-3-12-24-33)37-39(34-25-13-4-14-26-34,35-27-15-5-16-28-35)36-29-17-6-18-30-36;/h1-30H;/q-1;+1. The van der Waals surface area contributed by atoms with Crippen molar-refractivity contribution in [2.75, 3.05) is 0 Å². The van der Waals surface area contributed by atoms with Crippen molar-refractivity contribution in [2.45, 2.75) is 0 Å². The molecule has 0 spiro atoms. The van der Waals surface area contributed by atoms with Crippen LogP contribution in [0.15, 0.2) is 182 Å². The number of hydrogen-bond donors (Lipinski definition) is 0. The van der Waals surface area contributed by atoms with Crippen LogP contribution in [0.5, 0.6) is 0 Å². The van der Waals surface area contributed by atoms with Crippen LogP contribution in [0, 0.1) is 0 Å². The zero-order valence-corrected chi connectivity index (χ0v) is 24.8. The second kappa shape index (κ2) is 12.7. The Morgan fingerprint density at radius 1 is 0.250 bits per heavy atom. The van der Waals surface area contributed by atoms with E-state index < -0.39 is 16.5 Å². The van der Waals surface area contributed by atoms with Crippen molar-refractivity contribution in [2.24, 2.45) is 0 Å². The molecule has 0 atom stereocenters. The first-order valence-corrected chi connectivity index (χ1v) is 17.3. The molecule has 0 aliphatic carbocycles. The Bertz CT molecular complexity index is 1280. The predicted octanol–water partition coefficient (Wildman–Crippen LogP) is 1.70. The first-order valence-electron chi connectivity index (χ1n) is 13.4. The molecule has 0 saturated heterocycles. The third-order valence-electron chi connectivity index (χ3n) is 7.48. The van der Waals surface area contributed by atoms with Crippen molar-refractivity contribution in [3.8, 4) is 0 Å². The van der Waals surface area contributed by atoms with Crippen LogP contribution in [-0.2, 0) is 0 Å². The van der Waals surface area contributed by atoms with E-state index in [1.54, 1.807) is 0 Å². The van der Waals surface area contributed by atoms with Gasteiger partial charge in [-0.25, -0.2) is 0 Å². The van der Waals surface area contributed by atoms with Crippen LogP contribution >= 0.6 is 0 Å². The summed E-state index contributed by atoms with van der Waals surface area (Å²) in [7, 11) is -5.84. The molecule has 0 aliphatic rings. The molecule has 0 bridgehead atoms. The van der Waals surface area contributed by atoms with Crippen molar-refractivity contribution in [3.05, 3.63) is 187 Å². The molecule has 0 heterocycles. The molecule has 40 heavy (non-hydrogen) atoms. The molecule has 0 N–H and O–H groups in total. The number of hydrogen-bond acceptors (Lipinski definition) is 0. The molecule has 6 aromatic carbocycles. The van der Waals surface area contributed by atoms with Gasteiger partial charge >= 0.3 is 18.9 Å². The first-order chi connectivity index (χ1) is 19.3. The summed E-state index contributed by atoms with van der Waals surface area (Å²) in [6.07, 6.45) is 0. The van der Waals surface area contributed by atoms with Gasteiger partial charge in [0.15, 0.2) is 0 Å². The Morgan fingerprint density at radius 3 is 0.550 bits per heavy atom. The zero-order valence-electron chi connectivity index (χ0n) is 22.8. The molecule has 1 nitrogen and oxygen atoms in total. The summed E-state index contributed by atoms with van der Waals surface area (Å²) in [5.74, 6) is 0. The quantitative estimate of drug-likeness (QED) is 0.207. The zero-order chi connectivity index (χ0) is 26.4. The minimum atomic E-state index is -2.92. The third-order valence-corrected chi connectivity index (χ3v) is 17.2. The van der Waals surface area contributed by atoms with E-state index in [9.17, 15) is 0 Å². The van der Waals surface area contributed by atoms with Crippen molar-refractivity contribution in [3.63, 3.8) is 0 Å². The van der Waals surface area contributed by atoms with Crippen LogP contribution in [0.4, 0.5) is 0 Å². The van der Waals surface area contributed by atoms with E-state index in [4.69, 9.17) is 4.65 Å². The minimum absolute atomic E-state index is 0. The molecule has 0 amide bonds. The van der Waals surface area contributed by atoms with Crippen molar-refractivity contribution in [1.29, 1.82) is 0 Å². The van der Waals surface area contributed by atoms with Gasteiger partial charge in [0.25, 0.3) is 0 Å². The molecule has 6 aromatic rings. The van der Waals surface area contributed by atoms with E-state index in [1.807, 2.05) is 0 Å². The maximum atomic E-state index is 6.44. The van der Waals surface area contributed by atoms with Crippen LogP contribution in [0.1, 0.15) is 0 Å². The van der Waals surface area contributed by atoms with Gasteiger partial charge in [-0.15, -0.1) is 0 Å². The van der Waals surface area contributed by atoms with E-state index >= 15 is 0 Å². The average molecular weight is 540 g/mol. The molecule has 0 saturated carbocycles. The van der Waals surface area contributed by atoms with E-state index in [1.165, 1.54) is 31.1 Å². The first kappa shape index (κ1) is 27.9. The third kappa shape index (κ3) is 5.11. The smallest absolute Gasteiger partial charge is 0.644 e. The summed E-state index contributed by atoms with van der Waals surface area (Å²) in [5.41, 5.74) is 0. The Labute approximate surface area is 251 Å². The molecule has 6 rings (SSSR count). The fraction of sp³-hybridized carbons (Fsp3) is 0. The molecule has 0 radical (unpaired) electrons. The molecule has 0 unspecified atom stereocenters. The Hall–Kier alpha value is -3.69. The van der Waals surface area contributed by atoms with Crippen LogP contribution in [-0.4, -0.2) is 16.5 Å². The maximum absolute atomic E-state index is 6.44. The molecule has 188 valence electrons. The Balaban J connectivity index is 0.00000323. The summed E-state index contributed by atoms with van der Waals surface area (Å²) in [4.78, 5) is 0. The van der Waals surface area contributed by atoms with Crippen molar-refractivity contribution >= 4 is 47.6 Å². The van der Waals surface area contributed by atoms with Gasteiger partial charge in [-0.2, -0.15) is 0 Å². The normalized spacial score (nSPS) is 11.4. The number of benzene rings is 6. The van der Waals surface area contributed by atoms with Gasteiger partial charge in [-0.05, 0) is 0 Å². The summed E-state index contributed by atoms with van der Waals surface area (Å²) in [6.45, 7) is 0. The number of nitrogens with zero attached hydrogens (tertiary/aromatic N) is 1. The molecular weight excluding hydrogens is 510 g/mol. The SMILES string of the molecule is [Li+].c1ccc([Si]([N-][Si](c2ccccc2)(c2ccccc2)c2ccccc2)(c2ccccc2)c2ccccc2)cc1. The molecule has 4 heteroatoms. The van der Waals surface area contributed by atoms with Crippen LogP contribution in [0.25, 0.3) is 4.65 Å². The van der Waals surface area contributed by atoms with Gasteiger partial charge in [-0.3, -0.25) is 0 Å².